The summed E-state index contributed by atoms with van der Waals surface area (Å²) in [5.74, 6) is 0.452. The first-order valence-electron chi connectivity index (χ1n) is 11.0. The third kappa shape index (κ3) is 4.75. The van der Waals surface area contributed by atoms with Crippen molar-refractivity contribution in [3.8, 4) is 34.0 Å². The van der Waals surface area contributed by atoms with Crippen LogP contribution in [0.15, 0.2) is 70.4 Å². The Kier molecular flexibility index (Phi) is 6.74. The SMILES string of the molecule is CCC(CC)n1cc(-c2cncc(-c3cc(-c4cccc(C(N)CF)c4)no3)n2)ccc1=O. The van der Waals surface area contributed by atoms with Crippen LogP contribution in [-0.4, -0.2) is 26.4 Å². The summed E-state index contributed by atoms with van der Waals surface area (Å²) < 4.78 is 20.2. The number of nitrogens with zero attached hydrogens (tertiary/aromatic N) is 4. The Balaban J connectivity index is 1.66. The van der Waals surface area contributed by atoms with E-state index in [-0.39, 0.29) is 11.6 Å². The van der Waals surface area contributed by atoms with Crippen LogP contribution in [0.2, 0.25) is 0 Å². The predicted molar refractivity (Wildman–Crippen MR) is 125 cm³/mol. The molecule has 33 heavy (non-hydrogen) atoms. The van der Waals surface area contributed by atoms with Gasteiger partial charge in [0, 0.05) is 35.5 Å². The molecule has 3 heterocycles. The van der Waals surface area contributed by atoms with Crippen molar-refractivity contribution in [3.63, 3.8) is 0 Å². The zero-order valence-corrected chi connectivity index (χ0v) is 18.6. The van der Waals surface area contributed by atoms with Crippen LogP contribution in [-0.2, 0) is 0 Å². The zero-order chi connectivity index (χ0) is 23.4. The Morgan fingerprint density at radius 1 is 1.03 bits per heavy atom. The lowest BCUT2D eigenvalue weighted by Gasteiger charge is -2.17. The van der Waals surface area contributed by atoms with Gasteiger partial charge in [-0.25, -0.2) is 9.37 Å². The molecule has 0 amide bonds. The van der Waals surface area contributed by atoms with Crippen molar-refractivity contribution >= 4 is 0 Å². The van der Waals surface area contributed by atoms with Gasteiger partial charge in [0.2, 0.25) is 0 Å². The highest BCUT2D eigenvalue weighted by Gasteiger charge is 2.15. The fourth-order valence-electron chi connectivity index (χ4n) is 3.80. The van der Waals surface area contributed by atoms with E-state index in [4.69, 9.17) is 10.3 Å². The zero-order valence-electron chi connectivity index (χ0n) is 18.6. The molecule has 2 N–H and O–H groups in total. The number of hydrogen-bond acceptors (Lipinski definition) is 6. The summed E-state index contributed by atoms with van der Waals surface area (Å²) in [6, 6.07) is 11.8. The third-order valence-corrected chi connectivity index (χ3v) is 5.74. The fourth-order valence-corrected chi connectivity index (χ4v) is 3.80. The molecule has 0 saturated carbocycles. The van der Waals surface area contributed by atoms with Crippen molar-refractivity contribution < 1.29 is 8.91 Å². The van der Waals surface area contributed by atoms with E-state index in [1.165, 1.54) is 0 Å². The van der Waals surface area contributed by atoms with Crippen molar-refractivity contribution in [2.45, 2.75) is 38.8 Å². The molecule has 0 saturated heterocycles. The largest absolute Gasteiger partial charge is 0.354 e. The van der Waals surface area contributed by atoms with Crippen LogP contribution in [0.4, 0.5) is 4.39 Å². The van der Waals surface area contributed by atoms with Crippen LogP contribution in [0.3, 0.4) is 0 Å². The molecule has 0 aliphatic heterocycles. The topological polar surface area (TPSA) is 99.8 Å². The maximum Gasteiger partial charge on any atom is 0.250 e. The smallest absolute Gasteiger partial charge is 0.250 e. The monoisotopic (exact) mass is 447 g/mol. The molecule has 1 unspecified atom stereocenters. The first kappa shape index (κ1) is 22.5. The van der Waals surface area contributed by atoms with Crippen LogP contribution in [0.1, 0.15) is 44.3 Å². The van der Waals surface area contributed by atoms with Gasteiger partial charge in [-0.3, -0.25) is 9.78 Å². The minimum Gasteiger partial charge on any atom is -0.354 e. The van der Waals surface area contributed by atoms with Gasteiger partial charge in [-0.1, -0.05) is 37.2 Å². The Hall–Kier alpha value is -3.65. The maximum absolute atomic E-state index is 12.9. The van der Waals surface area contributed by atoms with E-state index in [0.29, 0.717) is 28.4 Å². The van der Waals surface area contributed by atoms with Gasteiger partial charge in [-0.2, -0.15) is 0 Å². The van der Waals surface area contributed by atoms with Crippen molar-refractivity contribution in [3.05, 3.63) is 77.0 Å². The normalized spacial score (nSPS) is 12.3. The number of pyridine rings is 1. The quantitative estimate of drug-likeness (QED) is 0.410. The maximum atomic E-state index is 12.9. The van der Waals surface area contributed by atoms with Crippen LogP contribution in [0.25, 0.3) is 34.0 Å². The number of nitrogens with two attached hydrogens (primary N) is 1. The van der Waals surface area contributed by atoms with Crippen molar-refractivity contribution in [1.82, 2.24) is 19.7 Å². The lowest BCUT2D eigenvalue weighted by atomic mass is 10.0. The van der Waals surface area contributed by atoms with E-state index in [9.17, 15) is 9.18 Å². The van der Waals surface area contributed by atoms with Crippen LogP contribution < -0.4 is 11.3 Å². The average Bonchev–Trinajstić information content (AvgIpc) is 3.36. The fraction of sp³-hybridized carbons (Fsp3) is 0.280. The molecular formula is C25H26FN5O2. The summed E-state index contributed by atoms with van der Waals surface area (Å²) in [4.78, 5) is 21.3. The van der Waals surface area contributed by atoms with Crippen molar-refractivity contribution in [2.24, 2.45) is 5.73 Å². The standard InChI is InChI=1S/C25H26FN5O2/c1-3-19(4-2)31-15-18(8-9-25(31)32)22-13-28-14-23(29-22)24-11-21(30-33-24)17-7-5-6-16(10-17)20(27)12-26/h5-11,13-15,19-20H,3-4,12,27H2,1-2H3. The summed E-state index contributed by atoms with van der Waals surface area (Å²) in [5.41, 5.74) is 9.76. The molecule has 7 nitrogen and oxygen atoms in total. The van der Waals surface area contributed by atoms with Gasteiger partial charge in [0.15, 0.2) is 5.76 Å². The summed E-state index contributed by atoms with van der Waals surface area (Å²) in [5, 5.41) is 4.14. The summed E-state index contributed by atoms with van der Waals surface area (Å²) in [7, 11) is 0. The van der Waals surface area contributed by atoms with E-state index in [1.54, 1.807) is 47.3 Å². The van der Waals surface area contributed by atoms with Gasteiger partial charge >= 0.3 is 0 Å². The number of benzene rings is 1. The summed E-state index contributed by atoms with van der Waals surface area (Å²) >= 11 is 0. The third-order valence-electron chi connectivity index (χ3n) is 5.74. The van der Waals surface area contributed by atoms with E-state index in [0.717, 1.165) is 24.0 Å². The number of hydrogen-bond donors (Lipinski definition) is 1. The minimum absolute atomic E-state index is 0.0360. The summed E-state index contributed by atoms with van der Waals surface area (Å²) in [6.45, 7) is 3.49. The van der Waals surface area contributed by atoms with Crippen molar-refractivity contribution in [2.75, 3.05) is 6.67 Å². The molecule has 0 radical (unpaired) electrons. The molecule has 4 rings (SSSR count). The van der Waals surface area contributed by atoms with E-state index in [2.05, 4.69) is 29.0 Å². The second kappa shape index (κ2) is 9.87. The first-order chi connectivity index (χ1) is 16.0. The van der Waals surface area contributed by atoms with Crippen LogP contribution in [0, 0.1) is 0 Å². The highest BCUT2D eigenvalue weighted by Crippen LogP contribution is 2.28. The molecular weight excluding hydrogens is 421 g/mol. The molecule has 4 aromatic rings. The molecule has 3 aromatic heterocycles. The molecule has 0 bridgehead atoms. The second-order valence-electron chi connectivity index (χ2n) is 7.89. The van der Waals surface area contributed by atoms with E-state index >= 15 is 0 Å². The summed E-state index contributed by atoms with van der Waals surface area (Å²) in [6.07, 6.45) is 6.81. The number of rotatable bonds is 8. The van der Waals surface area contributed by atoms with E-state index < -0.39 is 12.7 Å². The van der Waals surface area contributed by atoms with Crippen molar-refractivity contribution in [1.29, 1.82) is 0 Å². The second-order valence-corrected chi connectivity index (χ2v) is 7.89. The van der Waals surface area contributed by atoms with Gasteiger partial charge in [0.05, 0.1) is 24.1 Å². The number of aromatic nitrogens is 4. The lowest BCUT2D eigenvalue weighted by Crippen LogP contribution is -2.23. The Morgan fingerprint density at radius 2 is 1.82 bits per heavy atom. The average molecular weight is 448 g/mol. The molecule has 170 valence electrons. The number of halogens is 1. The molecule has 8 heteroatoms. The van der Waals surface area contributed by atoms with E-state index in [1.807, 2.05) is 18.3 Å². The van der Waals surface area contributed by atoms with Gasteiger partial charge in [0.25, 0.3) is 5.56 Å². The van der Waals surface area contributed by atoms with Gasteiger partial charge < -0.3 is 14.8 Å². The van der Waals surface area contributed by atoms with Gasteiger partial charge in [0.1, 0.15) is 18.1 Å². The molecule has 0 aliphatic carbocycles. The lowest BCUT2D eigenvalue weighted by molar-refractivity contribution is 0.433. The highest BCUT2D eigenvalue weighted by atomic mass is 19.1. The Labute approximate surface area is 191 Å². The Bertz CT molecular complexity index is 1300. The molecule has 0 spiro atoms. The molecule has 1 atom stereocenters. The highest BCUT2D eigenvalue weighted by molar-refractivity contribution is 5.67. The van der Waals surface area contributed by atoms with Gasteiger partial charge in [-0.05, 0) is 30.5 Å². The molecule has 1 aromatic carbocycles. The minimum atomic E-state index is -0.679. The first-order valence-corrected chi connectivity index (χ1v) is 11.0. The number of alkyl halides is 1. The van der Waals surface area contributed by atoms with Crippen LogP contribution in [0.5, 0.6) is 0 Å². The molecule has 0 aliphatic rings. The predicted octanol–water partition coefficient (Wildman–Crippen LogP) is 4.96. The van der Waals surface area contributed by atoms with Gasteiger partial charge in [-0.15, -0.1) is 0 Å². The molecule has 0 fully saturated rings. The Morgan fingerprint density at radius 3 is 2.58 bits per heavy atom. The van der Waals surface area contributed by atoms with Crippen LogP contribution >= 0.6 is 0 Å².